The van der Waals surface area contributed by atoms with E-state index in [2.05, 4.69) is 13.8 Å². The summed E-state index contributed by atoms with van der Waals surface area (Å²) in [6.07, 6.45) is 4.92. The van der Waals surface area contributed by atoms with Crippen LogP contribution in [0.3, 0.4) is 0 Å². The number of hydrogen-bond donors (Lipinski definition) is 3. The molecule has 5 fully saturated rings. The zero-order valence-electron chi connectivity index (χ0n) is 17.7. The lowest BCUT2D eigenvalue weighted by atomic mass is 9.43. The van der Waals surface area contributed by atoms with Gasteiger partial charge >= 0.3 is 5.63 Å². The maximum atomic E-state index is 11.5. The van der Waals surface area contributed by atoms with E-state index in [0.717, 1.165) is 37.7 Å². The molecule has 0 amide bonds. The van der Waals surface area contributed by atoms with Crippen molar-refractivity contribution in [3.63, 3.8) is 0 Å². The Labute approximate surface area is 176 Å². The highest BCUT2D eigenvalue weighted by molar-refractivity contribution is 5.38. The molecule has 6 nitrogen and oxygen atoms in total. The number of ether oxygens (including phenoxy) is 1. The van der Waals surface area contributed by atoms with Gasteiger partial charge in [-0.15, -0.1) is 0 Å². The van der Waals surface area contributed by atoms with Crippen molar-refractivity contribution in [2.45, 2.75) is 88.3 Å². The first-order chi connectivity index (χ1) is 14.2. The van der Waals surface area contributed by atoms with Gasteiger partial charge < -0.3 is 24.5 Å². The molecule has 0 bridgehead atoms. The molecule has 1 aromatic rings. The first-order valence-corrected chi connectivity index (χ1v) is 11.5. The van der Waals surface area contributed by atoms with Gasteiger partial charge in [0.05, 0.1) is 24.6 Å². The minimum atomic E-state index is -0.620. The molecule has 0 radical (unpaired) electrons. The first kappa shape index (κ1) is 19.5. The number of fused-ring (bicyclic) bond motifs is 3. The molecule has 1 spiro atoms. The van der Waals surface area contributed by atoms with Gasteiger partial charge in [-0.1, -0.05) is 13.8 Å². The van der Waals surface area contributed by atoms with E-state index in [0.29, 0.717) is 24.2 Å². The van der Waals surface area contributed by atoms with Gasteiger partial charge in [-0.2, -0.15) is 0 Å². The van der Waals surface area contributed by atoms with Crippen LogP contribution in [0.15, 0.2) is 27.6 Å². The molecule has 6 rings (SSSR count). The van der Waals surface area contributed by atoms with E-state index in [1.165, 1.54) is 12.3 Å². The minimum absolute atomic E-state index is 0.120. The molecule has 2 heterocycles. The van der Waals surface area contributed by atoms with Crippen molar-refractivity contribution in [2.24, 2.45) is 28.6 Å². The van der Waals surface area contributed by atoms with Gasteiger partial charge in [0.15, 0.2) is 0 Å². The number of hydrogen-bond acceptors (Lipinski definition) is 6. The molecule has 3 N–H and O–H groups in total. The second kappa shape index (κ2) is 5.97. The van der Waals surface area contributed by atoms with Crippen LogP contribution in [0, 0.1) is 28.6 Å². The number of epoxide rings is 1. The summed E-state index contributed by atoms with van der Waals surface area (Å²) in [5.74, 6) is 0.838. The Balaban J connectivity index is 1.40. The summed E-state index contributed by atoms with van der Waals surface area (Å²) in [4.78, 5) is 11.5. The largest absolute Gasteiger partial charge is 0.431 e. The van der Waals surface area contributed by atoms with Crippen LogP contribution >= 0.6 is 0 Å². The predicted octanol–water partition coefficient (Wildman–Crippen LogP) is 2.20. The summed E-state index contributed by atoms with van der Waals surface area (Å²) in [5.41, 5.74) is -0.326. The maximum absolute atomic E-state index is 11.5. The highest BCUT2D eigenvalue weighted by Gasteiger charge is 2.84. The average Bonchev–Trinajstić information content (AvgIpc) is 3.41. The van der Waals surface area contributed by atoms with E-state index < -0.39 is 18.3 Å². The third kappa shape index (κ3) is 2.11. The molecular weight excluding hydrogens is 384 g/mol. The summed E-state index contributed by atoms with van der Waals surface area (Å²) in [7, 11) is 0. The van der Waals surface area contributed by atoms with Crippen molar-refractivity contribution in [3.05, 3.63) is 34.4 Å². The zero-order chi connectivity index (χ0) is 21.1. The summed E-state index contributed by atoms with van der Waals surface area (Å²) < 4.78 is 11.6. The molecule has 164 valence electrons. The molecule has 11 atom stereocenters. The molecule has 4 saturated carbocycles. The fraction of sp³-hybridized carbons (Fsp3) is 0.792. The highest BCUT2D eigenvalue weighted by atomic mass is 16.6. The van der Waals surface area contributed by atoms with Gasteiger partial charge in [0.1, 0.15) is 11.7 Å². The van der Waals surface area contributed by atoms with E-state index >= 15 is 0 Å². The van der Waals surface area contributed by atoms with Gasteiger partial charge in [-0.3, -0.25) is 0 Å². The van der Waals surface area contributed by atoms with E-state index in [-0.39, 0.29) is 34.1 Å². The number of aliphatic hydroxyl groups is 3. The van der Waals surface area contributed by atoms with Crippen molar-refractivity contribution in [3.8, 4) is 0 Å². The van der Waals surface area contributed by atoms with Crippen LogP contribution in [0.4, 0.5) is 0 Å². The molecule has 6 heteroatoms. The Morgan fingerprint density at radius 3 is 2.57 bits per heavy atom. The summed E-state index contributed by atoms with van der Waals surface area (Å²) in [5, 5.41) is 32.6. The Morgan fingerprint density at radius 2 is 1.83 bits per heavy atom. The van der Waals surface area contributed by atoms with Crippen LogP contribution in [0.25, 0.3) is 0 Å². The molecule has 30 heavy (non-hydrogen) atoms. The molecule has 0 unspecified atom stereocenters. The van der Waals surface area contributed by atoms with Crippen molar-refractivity contribution in [2.75, 3.05) is 0 Å². The van der Waals surface area contributed by atoms with Crippen LogP contribution in [-0.2, 0) is 4.74 Å². The van der Waals surface area contributed by atoms with Crippen LogP contribution in [0.5, 0.6) is 0 Å². The Kier molecular flexibility index (Phi) is 3.88. The average molecular weight is 417 g/mol. The summed E-state index contributed by atoms with van der Waals surface area (Å²) in [6.45, 7) is 4.47. The van der Waals surface area contributed by atoms with Crippen molar-refractivity contribution in [1.29, 1.82) is 0 Å². The third-order valence-corrected chi connectivity index (χ3v) is 10.3. The molecule has 0 aromatic carbocycles. The Bertz CT molecular complexity index is 908. The van der Waals surface area contributed by atoms with Crippen molar-refractivity contribution < 1.29 is 24.5 Å². The van der Waals surface area contributed by atoms with Gasteiger partial charge in [-0.25, -0.2) is 4.79 Å². The second-order valence-electron chi connectivity index (χ2n) is 11.1. The molecule has 4 aliphatic carbocycles. The fourth-order valence-electron chi connectivity index (χ4n) is 8.87. The Morgan fingerprint density at radius 1 is 1.03 bits per heavy atom. The SMILES string of the molecule is C[C@]12[C@H](CC[C@@H]3[C@@H]1CC[C@]1(C)[C@@H](c4ccc(=O)oc4)[C@@H](O)[C@H]4O[C@]341)C[C@@H](O)C[C@H]2O. The van der Waals surface area contributed by atoms with E-state index in [1.807, 2.05) is 0 Å². The third-order valence-electron chi connectivity index (χ3n) is 10.3. The minimum Gasteiger partial charge on any atom is -0.431 e. The molecular formula is C24H32O6. The van der Waals surface area contributed by atoms with Crippen LogP contribution in [-0.4, -0.2) is 45.3 Å². The smallest absolute Gasteiger partial charge is 0.335 e. The van der Waals surface area contributed by atoms with Crippen LogP contribution < -0.4 is 5.63 Å². The lowest BCUT2D eigenvalue weighted by Crippen LogP contribution is -2.62. The molecule has 1 aliphatic heterocycles. The fourth-order valence-corrected chi connectivity index (χ4v) is 8.87. The van der Waals surface area contributed by atoms with Gasteiger partial charge in [0.2, 0.25) is 0 Å². The molecule has 5 aliphatic rings. The zero-order valence-corrected chi connectivity index (χ0v) is 17.7. The molecule has 1 aromatic heterocycles. The quantitative estimate of drug-likeness (QED) is 0.607. The topological polar surface area (TPSA) is 103 Å². The van der Waals surface area contributed by atoms with E-state index in [1.54, 1.807) is 6.07 Å². The monoisotopic (exact) mass is 416 g/mol. The van der Waals surface area contributed by atoms with Gasteiger partial charge in [0.25, 0.3) is 0 Å². The molecule has 1 saturated heterocycles. The van der Waals surface area contributed by atoms with E-state index in [9.17, 15) is 20.1 Å². The second-order valence-corrected chi connectivity index (χ2v) is 11.1. The highest BCUT2D eigenvalue weighted by Crippen LogP contribution is 2.77. The maximum Gasteiger partial charge on any atom is 0.335 e. The normalized spacial score (nSPS) is 56.4. The first-order valence-electron chi connectivity index (χ1n) is 11.5. The predicted molar refractivity (Wildman–Crippen MR) is 108 cm³/mol. The number of aliphatic hydroxyl groups excluding tert-OH is 3. The van der Waals surface area contributed by atoms with Crippen LogP contribution in [0.2, 0.25) is 0 Å². The van der Waals surface area contributed by atoms with Crippen molar-refractivity contribution in [1.82, 2.24) is 0 Å². The standard InChI is InChI=1S/C24H32O6/c1-22-8-7-15-16(5-4-13-9-14(25)10-17(26)23(13,15)2)24(22)21(30-24)20(28)19(22)12-3-6-18(27)29-11-12/h3,6,11,13-17,19-21,25-26,28H,4-5,7-10H2,1-2H3/t13-,14-,15+,16-,17-,19+,20-,21-,22-,23+,24-/m1/s1. The summed E-state index contributed by atoms with van der Waals surface area (Å²) >= 11 is 0. The lowest BCUT2D eigenvalue weighted by Gasteiger charge is -2.62. The van der Waals surface area contributed by atoms with Crippen LogP contribution in [0.1, 0.15) is 63.9 Å². The summed E-state index contributed by atoms with van der Waals surface area (Å²) in [6, 6.07) is 3.23. The lowest BCUT2D eigenvalue weighted by molar-refractivity contribution is -0.188. The Hall–Kier alpha value is -1.21. The van der Waals surface area contributed by atoms with Gasteiger partial charge in [-0.05, 0) is 73.3 Å². The van der Waals surface area contributed by atoms with Crippen molar-refractivity contribution >= 4 is 0 Å². The number of rotatable bonds is 1. The van der Waals surface area contributed by atoms with Gasteiger partial charge in [0, 0.05) is 17.4 Å². The van der Waals surface area contributed by atoms with E-state index in [4.69, 9.17) is 9.15 Å².